The van der Waals surface area contributed by atoms with Crippen molar-refractivity contribution in [3.63, 3.8) is 0 Å². The zero-order valence-electron chi connectivity index (χ0n) is 23.5. The Morgan fingerprint density at radius 2 is 1.62 bits per heavy atom. The second kappa shape index (κ2) is 11.3. The van der Waals surface area contributed by atoms with Gasteiger partial charge in [0.05, 0.1) is 20.9 Å². The van der Waals surface area contributed by atoms with Crippen LogP contribution in [-0.2, 0) is 0 Å². The Hall–Kier alpha value is -3.50. The maximum atomic E-state index is 6.44. The van der Waals surface area contributed by atoms with E-state index in [0.717, 1.165) is 59.3 Å². The van der Waals surface area contributed by atoms with E-state index in [1.807, 2.05) is 18.2 Å². The highest BCUT2D eigenvalue weighted by Crippen LogP contribution is 2.39. The predicted octanol–water partition coefficient (Wildman–Crippen LogP) is 6.41. The van der Waals surface area contributed by atoms with E-state index in [1.54, 1.807) is 18.6 Å². The summed E-state index contributed by atoms with van der Waals surface area (Å²) in [5.41, 5.74) is 11.0. The van der Waals surface area contributed by atoms with Crippen molar-refractivity contribution in [2.24, 2.45) is 0 Å². The van der Waals surface area contributed by atoms with Gasteiger partial charge in [0.1, 0.15) is 17.8 Å². The molecule has 9 nitrogen and oxygen atoms in total. The van der Waals surface area contributed by atoms with Gasteiger partial charge < -0.3 is 20.5 Å². The number of rotatable bonds is 5. The highest BCUT2D eigenvalue weighted by Gasteiger charge is 2.30. The van der Waals surface area contributed by atoms with Crippen LogP contribution in [0.25, 0.3) is 33.1 Å². The Bertz CT molecular complexity index is 1740. The lowest BCUT2D eigenvalue weighted by Gasteiger charge is -2.41. The van der Waals surface area contributed by atoms with Crippen LogP contribution in [-0.4, -0.2) is 73.6 Å². The Kier molecular flexibility index (Phi) is 7.35. The number of likely N-dealkylation sites (N-methyl/N-ethyl adjacent to an activating group) is 1. The fraction of sp³-hybridized carbons (Fsp3) is 0.355. The predicted molar refractivity (Wildman–Crippen MR) is 171 cm³/mol. The molecule has 5 aromatic rings. The number of halogens is 2. The summed E-state index contributed by atoms with van der Waals surface area (Å²) in [5.74, 6) is 0.987. The molecule has 3 N–H and O–H groups in total. The average Bonchev–Trinajstić information content (AvgIpc) is 3.41. The smallest absolute Gasteiger partial charge is 0.227 e. The Labute approximate surface area is 254 Å². The number of hydrogen-bond acceptors (Lipinski definition) is 8. The van der Waals surface area contributed by atoms with Gasteiger partial charge in [-0.3, -0.25) is 4.90 Å². The fourth-order valence-corrected chi connectivity index (χ4v) is 6.84. The molecule has 2 aromatic carbocycles. The van der Waals surface area contributed by atoms with Gasteiger partial charge in [0, 0.05) is 67.3 Å². The van der Waals surface area contributed by atoms with E-state index in [-0.39, 0.29) is 0 Å². The lowest BCUT2D eigenvalue weighted by Crippen LogP contribution is -2.49. The van der Waals surface area contributed by atoms with Gasteiger partial charge in [0.15, 0.2) is 0 Å². The zero-order chi connectivity index (χ0) is 28.8. The first-order chi connectivity index (χ1) is 20.4. The van der Waals surface area contributed by atoms with Crippen LogP contribution in [0.15, 0.2) is 55.1 Å². The summed E-state index contributed by atoms with van der Waals surface area (Å²) < 4.78 is 2.34. The lowest BCUT2D eigenvalue weighted by molar-refractivity contribution is 0.0828. The first-order valence-electron chi connectivity index (χ1n) is 14.5. The van der Waals surface area contributed by atoms with Crippen molar-refractivity contribution in [1.82, 2.24) is 34.3 Å². The van der Waals surface area contributed by atoms with Gasteiger partial charge in [-0.15, -0.1) is 0 Å². The molecular weight excluding hydrogens is 569 g/mol. The van der Waals surface area contributed by atoms with Crippen molar-refractivity contribution in [2.45, 2.75) is 37.8 Å². The maximum Gasteiger partial charge on any atom is 0.227 e. The number of fused-ring (bicyclic) bond motifs is 2. The van der Waals surface area contributed by atoms with Crippen molar-refractivity contribution in [2.75, 3.05) is 44.3 Å². The zero-order valence-corrected chi connectivity index (χ0v) is 25.0. The fourth-order valence-electron chi connectivity index (χ4n) is 6.46. The summed E-state index contributed by atoms with van der Waals surface area (Å²) in [6.45, 7) is 4.67. The molecule has 42 heavy (non-hydrogen) atoms. The molecule has 1 aliphatic carbocycles. The molecule has 0 atom stereocenters. The molecule has 11 heteroatoms. The monoisotopic (exact) mass is 601 g/mol. The van der Waals surface area contributed by atoms with Crippen LogP contribution >= 0.6 is 23.2 Å². The third-order valence-electron chi connectivity index (χ3n) is 8.86. The van der Waals surface area contributed by atoms with E-state index in [4.69, 9.17) is 33.9 Å². The summed E-state index contributed by atoms with van der Waals surface area (Å²) in [5, 5.41) is 5.85. The highest BCUT2D eigenvalue weighted by atomic mass is 35.5. The quantitative estimate of drug-likeness (QED) is 0.238. The topological polar surface area (TPSA) is 101 Å². The van der Waals surface area contributed by atoms with E-state index in [9.17, 15) is 0 Å². The van der Waals surface area contributed by atoms with Crippen molar-refractivity contribution < 1.29 is 0 Å². The lowest BCUT2D eigenvalue weighted by atomic mass is 9.89. The number of piperazine rings is 1. The molecule has 216 valence electrons. The largest absolute Gasteiger partial charge is 0.383 e. The van der Waals surface area contributed by atoms with Crippen LogP contribution in [0.5, 0.6) is 0 Å². The number of nitrogen functional groups attached to an aromatic ring is 1. The third kappa shape index (κ3) is 5.15. The van der Waals surface area contributed by atoms with E-state index in [1.165, 1.54) is 25.9 Å². The van der Waals surface area contributed by atoms with Crippen LogP contribution in [0, 0.1) is 0 Å². The van der Waals surface area contributed by atoms with Gasteiger partial charge in [-0.2, -0.15) is 0 Å². The third-order valence-corrected chi connectivity index (χ3v) is 9.68. The number of nitrogens with one attached hydrogen (secondary N) is 1. The summed E-state index contributed by atoms with van der Waals surface area (Å²) in [7, 11) is 2.22. The number of anilines is 3. The number of nitrogens with zero attached hydrogens (tertiary/aromatic N) is 7. The van der Waals surface area contributed by atoms with Crippen LogP contribution in [0.4, 0.5) is 17.5 Å². The average molecular weight is 603 g/mol. The molecule has 2 fully saturated rings. The number of hydrogen-bond donors (Lipinski definition) is 2. The van der Waals surface area contributed by atoms with Crippen molar-refractivity contribution in [1.29, 1.82) is 0 Å². The normalized spacial score (nSPS) is 20.4. The molecule has 0 bridgehead atoms. The summed E-state index contributed by atoms with van der Waals surface area (Å²) in [4.78, 5) is 23.2. The molecule has 0 spiro atoms. The van der Waals surface area contributed by atoms with Crippen LogP contribution in [0.2, 0.25) is 10.0 Å². The van der Waals surface area contributed by atoms with Crippen LogP contribution in [0.1, 0.15) is 31.7 Å². The number of nitrogens with two attached hydrogens (primary N) is 1. The molecule has 2 aliphatic rings. The second-order valence-corrected chi connectivity index (χ2v) is 12.2. The van der Waals surface area contributed by atoms with E-state index < -0.39 is 0 Å². The van der Waals surface area contributed by atoms with Gasteiger partial charge in [0.2, 0.25) is 5.95 Å². The molecular formula is C31H33Cl2N9. The van der Waals surface area contributed by atoms with E-state index in [2.05, 4.69) is 60.0 Å². The van der Waals surface area contributed by atoms with E-state index >= 15 is 0 Å². The summed E-state index contributed by atoms with van der Waals surface area (Å²) in [6, 6.07) is 12.8. The number of aromatic nitrogens is 5. The molecule has 7 rings (SSSR count). The minimum absolute atomic E-state index is 0.397. The molecule has 1 saturated carbocycles. The van der Waals surface area contributed by atoms with Gasteiger partial charge in [-0.1, -0.05) is 35.3 Å². The first kappa shape index (κ1) is 27.3. The van der Waals surface area contributed by atoms with Crippen LogP contribution < -0.4 is 11.1 Å². The summed E-state index contributed by atoms with van der Waals surface area (Å²) in [6.07, 6.45) is 10.2. The second-order valence-electron chi connectivity index (χ2n) is 11.4. The standard InChI is InChI=1S/C31H33Cl2N9/c1-40-12-14-41(15-13-40)21-6-8-22(9-7-21)42-17-24(27-29(34)36-18-37-30(27)42)19-2-4-20(5-3-19)38-31-35-16-23-26(39-31)11-10-25(32)28(23)33/h2-5,10-11,16-18,21-22H,6-9,12-15H2,1H3,(H2,34,36,37)(H,35,38,39). The molecule has 3 aromatic heterocycles. The number of benzene rings is 2. The highest BCUT2D eigenvalue weighted by molar-refractivity contribution is 6.45. The van der Waals surface area contributed by atoms with Crippen molar-refractivity contribution >= 4 is 62.6 Å². The van der Waals surface area contributed by atoms with Gasteiger partial charge in [-0.25, -0.2) is 19.9 Å². The Morgan fingerprint density at radius 3 is 2.38 bits per heavy atom. The molecule has 0 amide bonds. The van der Waals surface area contributed by atoms with Gasteiger partial charge in [-0.05, 0) is 62.6 Å². The summed E-state index contributed by atoms with van der Waals surface area (Å²) >= 11 is 12.4. The minimum atomic E-state index is 0.397. The SMILES string of the molecule is CN1CCN(C2CCC(n3cc(-c4ccc(Nc5ncc6c(Cl)c(Cl)ccc6n5)cc4)c4c(N)ncnc43)CC2)CC1. The Morgan fingerprint density at radius 1 is 0.881 bits per heavy atom. The molecule has 4 heterocycles. The van der Waals surface area contributed by atoms with Crippen molar-refractivity contribution in [3.05, 3.63) is 65.2 Å². The van der Waals surface area contributed by atoms with Gasteiger partial charge >= 0.3 is 0 Å². The van der Waals surface area contributed by atoms with E-state index in [0.29, 0.717) is 39.3 Å². The molecule has 1 saturated heterocycles. The van der Waals surface area contributed by atoms with Gasteiger partial charge in [0.25, 0.3) is 0 Å². The maximum absolute atomic E-state index is 6.44. The molecule has 1 aliphatic heterocycles. The Balaban J connectivity index is 1.12. The first-order valence-corrected chi connectivity index (χ1v) is 15.2. The van der Waals surface area contributed by atoms with Crippen LogP contribution in [0.3, 0.4) is 0 Å². The molecule has 0 radical (unpaired) electrons. The molecule has 0 unspecified atom stereocenters. The van der Waals surface area contributed by atoms with Crippen molar-refractivity contribution in [3.8, 4) is 11.1 Å². The minimum Gasteiger partial charge on any atom is -0.383 e.